The summed E-state index contributed by atoms with van der Waals surface area (Å²) in [6.07, 6.45) is -3.01. The molecule has 0 aliphatic carbocycles. The Bertz CT molecular complexity index is 1100. The lowest BCUT2D eigenvalue weighted by Gasteiger charge is -2.07. The maximum Gasteiger partial charge on any atom is 0.435 e. The minimum atomic E-state index is -4.55. The van der Waals surface area contributed by atoms with Crippen LogP contribution in [0.15, 0.2) is 40.6 Å². The Balaban J connectivity index is 1.66. The van der Waals surface area contributed by atoms with E-state index < -0.39 is 11.9 Å². The molecular formula is C19H20F3N7OS. The van der Waals surface area contributed by atoms with E-state index in [2.05, 4.69) is 25.8 Å². The Labute approximate surface area is 180 Å². The number of hydrazone groups is 1. The minimum Gasteiger partial charge on any atom is -0.301 e. The van der Waals surface area contributed by atoms with E-state index in [0.717, 1.165) is 33.6 Å². The number of thioether (sulfide) groups is 1. The van der Waals surface area contributed by atoms with E-state index in [4.69, 9.17) is 0 Å². The number of benzene rings is 1. The summed E-state index contributed by atoms with van der Waals surface area (Å²) in [6, 6.07) is 8.57. The van der Waals surface area contributed by atoms with Crippen molar-refractivity contribution in [2.45, 2.75) is 31.7 Å². The monoisotopic (exact) mass is 451 g/mol. The van der Waals surface area contributed by atoms with Gasteiger partial charge in [-0.2, -0.15) is 23.4 Å². The third-order valence-corrected chi connectivity index (χ3v) is 5.18. The number of nitrogens with one attached hydrogen (secondary N) is 1. The van der Waals surface area contributed by atoms with Crippen LogP contribution in [0.3, 0.4) is 0 Å². The Morgan fingerprint density at radius 3 is 2.71 bits per heavy atom. The molecule has 12 heteroatoms. The van der Waals surface area contributed by atoms with Crippen LogP contribution in [0.4, 0.5) is 13.2 Å². The van der Waals surface area contributed by atoms with Gasteiger partial charge >= 0.3 is 6.18 Å². The average Bonchev–Trinajstić information content (AvgIpc) is 3.29. The summed E-state index contributed by atoms with van der Waals surface area (Å²) in [4.78, 5) is 12.1. The van der Waals surface area contributed by atoms with Gasteiger partial charge in [0.15, 0.2) is 16.7 Å². The van der Waals surface area contributed by atoms with Gasteiger partial charge in [-0.05, 0) is 25.5 Å². The standard InChI is InChI=1S/C19H20F3N7OS/c1-4-29-17(14-9-15(19(20,21)22)27-28(14)3)25-26-18(29)31-11-16(30)24-23-10-13-7-5-6-12(2)8-13/h5-10H,4,11H2,1-3H3,(H,24,30). The molecule has 0 saturated heterocycles. The topological polar surface area (TPSA) is 90.0 Å². The van der Waals surface area contributed by atoms with Crippen molar-refractivity contribution in [3.63, 3.8) is 0 Å². The van der Waals surface area contributed by atoms with E-state index in [1.807, 2.05) is 38.1 Å². The van der Waals surface area contributed by atoms with Crippen LogP contribution in [0.25, 0.3) is 11.5 Å². The van der Waals surface area contributed by atoms with E-state index in [-0.39, 0.29) is 23.2 Å². The summed E-state index contributed by atoms with van der Waals surface area (Å²) in [5.41, 5.74) is 3.56. The first-order valence-electron chi connectivity index (χ1n) is 9.25. The van der Waals surface area contributed by atoms with Crippen LogP contribution in [0.1, 0.15) is 23.7 Å². The van der Waals surface area contributed by atoms with Crippen LogP contribution in [-0.2, 0) is 24.6 Å². The first-order valence-corrected chi connectivity index (χ1v) is 10.2. The van der Waals surface area contributed by atoms with Gasteiger partial charge in [0.25, 0.3) is 5.91 Å². The molecule has 0 spiro atoms. The lowest BCUT2D eigenvalue weighted by atomic mass is 10.2. The molecule has 0 aliphatic heterocycles. The number of amides is 1. The van der Waals surface area contributed by atoms with E-state index >= 15 is 0 Å². The highest BCUT2D eigenvalue weighted by molar-refractivity contribution is 7.99. The highest BCUT2D eigenvalue weighted by atomic mass is 32.2. The number of carbonyl (C=O) groups excluding carboxylic acids is 1. The van der Waals surface area contributed by atoms with Crippen molar-refractivity contribution in [3.05, 3.63) is 47.2 Å². The Morgan fingerprint density at radius 1 is 1.29 bits per heavy atom. The fourth-order valence-electron chi connectivity index (χ4n) is 2.78. The number of hydrogen-bond donors (Lipinski definition) is 1. The molecule has 0 aliphatic rings. The predicted octanol–water partition coefficient (Wildman–Crippen LogP) is 3.27. The van der Waals surface area contributed by atoms with Crippen LogP contribution < -0.4 is 5.43 Å². The zero-order valence-electron chi connectivity index (χ0n) is 17.0. The molecular weight excluding hydrogens is 431 g/mol. The van der Waals surface area contributed by atoms with Crippen LogP contribution in [-0.4, -0.2) is 42.4 Å². The maximum atomic E-state index is 12.9. The summed E-state index contributed by atoms with van der Waals surface area (Å²) in [6.45, 7) is 4.18. The van der Waals surface area contributed by atoms with E-state index in [9.17, 15) is 18.0 Å². The molecule has 0 bridgehead atoms. The van der Waals surface area contributed by atoms with Crippen molar-refractivity contribution in [1.29, 1.82) is 0 Å². The maximum absolute atomic E-state index is 12.9. The van der Waals surface area contributed by atoms with Crippen LogP contribution in [0, 0.1) is 6.92 Å². The number of hydrogen-bond acceptors (Lipinski definition) is 6. The number of nitrogens with zero attached hydrogens (tertiary/aromatic N) is 6. The molecule has 31 heavy (non-hydrogen) atoms. The summed E-state index contributed by atoms with van der Waals surface area (Å²) in [5, 5.41) is 15.9. The number of aromatic nitrogens is 5. The van der Waals surface area contributed by atoms with Gasteiger partial charge in [-0.3, -0.25) is 9.48 Å². The smallest absolute Gasteiger partial charge is 0.301 e. The van der Waals surface area contributed by atoms with Gasteiger partial charge < -0.3 is 4.57 Å². The van der Waals surface area contributed by atoms with E-state index in [0.29, 0.717) is 11.7 Å². The molecule has 164 valence electrons. The lowest BCUT2D eigenvalue weighted by molar-refractivity contribution is -0.141. The first kappa shape index (κ1) is 22.5. The molecule has 0 radical (unpaired) electrons. The van der Waals surface area contributed by atoms with Gasteiger partial charge in [-0.1, -0.05) is 41.6 Å². The highest BCUT2D eigenvalue weighted by Gasteiger charge is 2.35. The van der Waals surface area contributed by atoms with E-state index in [1.165, 1.54) is 7.05 Å². The average molecular weight is 451 g/mol. The molecule has 8 nitrogen and oxygen atoms in total. The second-order valence-electron chi connectivity index (χ2n) is 6.58. The van der Waals surface area contributed by atoms with Crippen molar-refractivity contribution in [3.8, 4) is 11.5 Å². The number of halogens is 3. The SMILES string of the molecule is CCn1c(SCC(=O)NN=Cc2cccc(C)c2)nnc1-c1cc(C(F)(F)F)nn1C. The zero-order chi connectivity index (χ0) is 22.6. The number of alkyl halides is 3. The van der Waals surface area contributed by atoms with Gasteiger partial charge in [0, 0.05) is 13.6 Å². The molecule has 0 atom stereocenters. The molecule has 1 amide bonds. The molecule has 1 N–H and O–H groups in total. The van der Waals surface area contributed by atoms with Gasteiger partial charge in [0.05, 0.1) is 12.0 Å². The lowest BCUT2D eigenvalue weighted by Crippen LogP contribution is -2.20. The minimum absolute atomic E-state index is 0.0163. The summed E-state index contributed by atoms with van der Waals surface area (Å²) >= 11 is 1.11. The number of aryl methyl sites for hydroxylation is 2. The Morgan fingerprint density at radius 2 is 2.06 bits per heavy atom. The zero-order valence-corrected chi connectivity index (χ0v) is 17.8. The third-order valence-electron chi connectivity index (χ3n) is 4.21. The quantitative estimate of drug-likeness (QED) is 0.338. The third kappa shape index (κ3) is 5.51. The fourth-order valence-corrected chi connectivity index (χ4v) is 3.57. The van der Waals surface area contributed by atoms with Gasteiger partial charge in [0.2, 0.25) is 0 Å². The van der Waals surface area contributed by atoms with Gasteiger partial charge in [-0.15, -0.1) is 10.2 Å². The predicted molar refractivity (Wildman–Crippen MR) is 111 cm³/mol. The van der Waals surface area contributed by atoms with Crippen molar-refractivity contribution < 1.29 is 18.0 Å². The second kappa shape index (κ2) is 9.33. The molecule has 3 aromatic rings. The molecule has 2 aromatic heterocycles. The molecule has 0 saturated carbocycles. The number of rotatable bonds is 7. The second-order valence-corrected chi connectivity index (χ2v) is 7.53. The molecule has 2 heterocycles. The summed E-state index contributed by atoms with van der Waals surface area (Å²) < 4.78 is 41.6. The van der Waals surface area contributed by atoms with Crippen molar-refractivity contribution in [1.82, 2.24) is 30.0 Å². The van der Waals surface area contributed by atoms with Gasteiger partial charge in [0.1, 0.15) is 5.69 Å². The Kier molecular flexibility index (Phi) is 6.78. The molecule has 0 unspecified atom stereocenters. The Hall–Kier alpha value is -3.15. The summed E-state index contributed by atoms with van der Waals surface area (Å²) in [7, 11) is 1.41. The normalized spacial score (nSPS) is 11.9. The van der Waals surface area contributed by atoms with Crippen LogP contribution >= 0.6 is 11.8 Å². The highest BCUT2D eigenvalue weighted by Crippen LogP contribution is 2.31. The molecule has 3 rings (SSSR count). The van der Waals surface area contributed by atoms with E-state index in [1.54, 1.807) is 10.8 Å². The molecule has 0 fully saturated rings. The van der Waals surface area contributed by atoms with Crippen molar-refractivity contribution in [2.75, 3.05) is 5.75 Å². The first-order chi connectivity index (χ1) is 14.7. The van der Waals surface area contributed by atoms with Crippen molar-refractivity contribution >= 4 is 23.9 Å². The number of carbonyl (C=O) groups is 1. The van der Waals surface area contributed by atoms with Gasteiger partial charge in [-0.25, -0.2) is 5.43 Å². The van der Waals surface area contributed by atoms with Crippen LogP contribution in [0.5, 0.6) is 0 Å². The largest absolute Gasteiger partial charge is 0.435 e. The molecule has 1 aromatic carbocycles. The summed E-state index contributed by atoms with van der Waals surface area (Å²) in [5.74, 6) is -0.0861. The van der Waals surface area contributed by atoms with Crippen molar-refractivity contribution in [2.24, 2.45) is 12.1 Å². The fraction of sp³-hybridized carbons (Fsp3) is 0.316. The van der Waals surface area contributed by atoms with Crippen LogP contribution in [0.2, 0.25) is 0 Å².